The molecule has 0 spiro atoms. The summed E-state index contributed by atoms with van der Waals surface area (Å²) in [4.78, 5) is 30.4. The fourth-order valence-corrected chi connectivity index (χ4v) is 8.73. The van der Waals surface area contributed by atoms with Crippen LogP contribution < -0.4 is 20.5 Å². The summed E-state index contributed by atoms with van der Waals surface area (Å²) in [7, 11) is 0.573. The molecule has 0 amide bonds. The van der Waals surface area contributed by atoms with E-state index in [-0.39, 0.29) is 17.5 Å². The topological polar surface area (TPSA) is 168 Å². The number of methoxy groups -OCH3 is 2. The molecule has 13 nitrogen and oxygen atoms in total. The predicted octanol–water partition coefficient (Wildman–Crippen LogP) is 11.0. The molecule has 2 heterocycles. The predicted molar refractivity (Wildman–Crippen MR) is 260 cm³/mol. The van der Waals surface area contributed by atoms with Gasteiger partial charge in [-0.1, -0.05) is 172 Å². The van der Waals surface area contributed by atoms with Gasteiger partial charge in [0.1, 0.15) is 53.9 Å². The summed E-state index contributed by atoms with van der Waals surface area (Å²) in [6, 6.07) is 26.5. The summed E-state index contributed by atoms with van der Waals surface area (Å²) in [5.41, 5.74) is -1.74. The highest BCUT2D eigenvalue weighted by molar-refractivity contribution is 8.13. The van der Waals surface area contributed by atoms with Crippen molar-refractivity contribution in [3.63, 3.8) is 0 Å². The standard InChI is InChI=1S/C39H46N3O10PS.C6H12.CCl4/c1-7-37(2,3)35(44)54-24-23-50-53(47)51-25-31-33(43)38(4,46)34(52-31)42-22-21-32(40-36(42)45)41-39(26-11-9-8-10-12-26,27-13-17-29(48-5)18-14-27)28-15-19-30(49-6)20-16-28;1-2-4-6-5-3-1;2-1(3,4)5/h8-22,31,33-34,43,46H,7,23-25H2,1-6H3;1-6H2;/p+1/t31-,33?,34-,38+;;/m1../s1. The molecule has 1 aliphatic heterocycles. The first-order chi connectivity index (χ1) is 30.8. The number of hydrogen-bond donors (Lipinski definition) is 3. The van der Waals surface area contributed by atoms with Crippen molar-refractivity contribution in [1.82, 2.24) is 9.55 Å². The molecule has 1 aliphatic carbocycles. The summed E-state index contributed by atoms with van der Waals surface area (Å²) < 4.78 is 39.2. The molecule has 2 unspecified atom stereocenters. The number of benzene rings is 3. The summed E-state index contributed by atoms with van der Waals surface area (Å²) >= 11 is 20.4. The fourth-order valence-electron chi connectivity index (χ4n) is 7.14. The molecular weight excluding hydrogens is 959 g/mol. The van der Waals surface area contributed by atoms with Crippen LogP contribution in [0.3, 0.4) is 0 Å². The van der Waals surface area contributed by atoms with Crippen LogP contribution in [-0.4, -0.2) is 79.1 Å². The Balaban J connectivity index is 0.000000740. The lowest BCUT2D eigenvalue weighted by Gasteiger charge is -2.37. The zero-order valence-electron chi connectivity index (χ0n) is 37.4. The number of aliphatic hydroxyl groups is 2. The van der Waals surface area contributed by atoms with Crippen LogP contribution >= 0.6 is 66.4 Å². The van der Waals surface area contributed by atoms with Gasteiger partial charge in [-0.25, -0.2) is 4.79 Å². The average molecular weight is 1020 g/mol. The van der Waals surface area contributed by atoms with Crippen LogP contribution in [0.2, 0.25) is 0 Å². The zero-order chi connectivity index (χ0) is 47.8. The van der Waals surface area contributed by atoms with Crippen molar-refractivity contribution in [2.45, 2.75) is 105 Å². The van der Waals surface area contributed by atoms with Crippen LogP contribution in [-0.2, 0) is 28.7 Å². The minimum Gasteiger partial charge on any atom is -0.497 e. The van der Waals surface area contributed by atoms with Crippen LogP contribution in [0.15, 0.2) is 95.9 Å². The number of thioether (sulfide) groups is 1. The van der Waals surface area contributed by atoms with Crippen LogP contribution in [0, 0.1) is 5.41 Å². The first-order valence-electron chi connectivity index (χ1n) is 21.2. The Morgan fingerprint density at radius 2 is 1.37 bits per heavy atom. The maximum Gasteiger partial charge on any atom is 0.697 e. The molecule has 0 bridgehead atoms. The molecule has 2 aliphatic rings. The lowest BCUT2D eigenvalue weighted by molar-refractivity contribution is -0.118. The number of nitrogens with zero attached hydrogens (tertiary/aromatic N) is 2. The largest absolute Gasteiger partial charge is 0.697 e. The lowest BCUT2D eigenvalue weighted by Crippen LogP contribution is -2.46. The molecule has 1 saturated heterocycles. The van der Waals surface area contributed by atoms with E-state index in [9.17, 15) is 24.4 Å². The Hall–Kier alpha value is -2.98. The third-order valence-corrected chi connectivity index (χ3v) is 13.1. The minimum absolute atomic E-state index is 0.00373. The van der Waals surface area contributed by atoms with Gasteiger partial charge in [0.2, 0.25) is 0 Å². The molecule has 2 fully saturated rings. The van der Waals surface area contributed by atoms with Crippen molar-refractivity contribution >= 4 is 77.4 Å². The molecule has 6 rings (SSSR count). The van der Waals surface area contributed by atoms with E-state index in [1.807, 2.05) is 99.6 Å². The van der Waals surface area contributed by atoms with Gasteiger partial charge in [-0.3, -0.25) is 9.36 Å². The van der Waals surface area contributed by atoms with E-state index in [2.05, 4.69) is 10.3 Å². The number of rotatable bonds is 17. The van der Waals surface area contributed by atoms with Crippen molar-refractivity contribution in [2.75, 3.05) is 38.5 Å². The number of aromatic nitrogens is 2. The van der Waals surface area contributed by atoms with Gasteiger partial charge in [-0.05, 0) is 60.4 Å². The quantitative estimate of drug-likeness (QED) is 0.0396. The highest BCUT2D eigenvalue weighted by Crippen LogP contribution is 2.42. The summed E-state index contributed by atoms with van der Waals surface area (Å²) in [5.74, 6) is 1.85. The number of carbonyl (C=O) groups is 1. The van der Waals surface area contributed by atoms with Crippen molar-refractivity contribution < 1.29 is 42.8 Å². The molecule has 65 heavy (non-hydrogen) atoms. The monoisotopic (exact) mass is 1020 g/mol. The Labute approximate surface area is 406 Å². The Morgan fingerprint density at radius 3 is 1.83 bits per heavy atom. The lowest BCUT2D eigenvalue weighted by atomic mass is 9.77. The van der Waals surface area contributed by atoms with Crippen LogP contribution in [0.5, 0.6) is 11.5 Å². The van der Waals surface area contributed by atoms with Gasteiger partial charge in [-0.15, -0.1) is 9.05 Å². The highest BCUT2D eigenvalue weighted by Gasteiger charge is 2.54. The molecule has 19 heteroatoms. The fraction of sp³-hybridized carbons (Fsp3) is 0.500. The molecular formula is C46H59Cl4N3O10PS+. The molecule has 1 aromatic heterocycles. The van der Waals surface area contributed by atoms with Gasteiger partial charge in [0.15, 0.2) is 11.3 Å². The normalized spacial score (nSPS) is 20.1. The number of carbonyl (C=O) groups excluding carboxylic acids is 1. The van der Waals surface area contributed by atoms with Crippen molar-refractivity contribution in [3.05, 3.63) is 118 Å². The second kappa shape index (κ2) is 25.4. The van der Waals surface area contributed by atoms with E-state index >= 15 is 0 Å². The molecule has 4 aromatic rings. The van der Waals surface area contributed by atoms with Crippen LogP contribution in [0.1, 0.15) is 95.6 Å². The Bertz CT molecular complexity index is 2090. The number of ether oxygens (including phenoxy) is 3. The second-order valence-electron chi connectivity index (χ2n) is 16.2. The highest BCUT2D eigenvalue weighted by atomic mass is 35.6. The maximum atomic E-state index is 13.7. The van der Waals surface area contributed by atoms with Gasteiger partial charge >= 0.3 is 13.9 Å². The average Bonchev–Trinajstić information content (AvgIpc) is 3.52. The van der Waals surface area contributed by atoms with Gasteiger partial charge in [-0.2, -0.15) is 4.98 Å². The second-order valence-corrected chi connectivity index (χ2v) is 21.6. The minimum atomic E-state index is -2.62. The summed E-state index contributed by atoms with van der Waals surface area (Å²) in [5, 5.41) is 25.9. The van der Waals surface area contributed by atoms with E-state index < -0.39 is 58.8 Å². The third kappa shape index (κ3) is 15.8. The third-order valence-electron chi connectivity index (χ3n) is 11.2. The van der Waals surface area contributed by atoms with Crippen molar-refractivity contribution in [2.24, 2.45) is 5.41 Å². The van der Waals surface area contributed by atoms with Crippen LogP contribution in [0.4, 0.5) is 5.82 Å². The summed E-state index contributed by atoms with van der Waals surface area (Å²) in [6.45, 7) is 6.60. The number of aliphatic hydroxyl groups excluding tert-OH is 1. The van der Waals surface area contributed by atoms with Gasteiger partial charge in [0.05, 0.1) is 14.2 Å². The van der Waals surface area contributed by atoms with E-state index in [1.165, 1.54) is 51.6 Å². The number of hydrogen-bond acceptors (Lipinski definition) is 13. The molecule has 0 radical (unpaired) electrons. The first-order valence-corrected chi connectivity index (χ1v) is 24.8. The maximum absolute atomic E-state index is 13.7. The Kier molecular flexibility index (Phi) is 21.3. The van der Waals surface area contributed by atoms with E-state index in [1.54, 1.807) is 20.3 Å². The first kappa shape index (κ1) is 54.6. The Morgan fingerprint density at radius 1 is 0.877 bits per heavy atom. The van der Waals surface area contributed by atoms with Crippen LogP contribution in [0.25, 0.3) is 0 Å². The number of nitrogens with one attached hydrogen (secondary N) is 1. The molecule has 3 N–H and O–H groups in total. The summed E-state index contributed by atoms with van der Waals surface area (Å²) in [6.07, 6.45) is 7.08. The molecule has 5 atom stereocenters. The molecule has 1 saturated carbocycles. The number of alkyl halides is 4. The van der Waals surface area contributed by atoms with E-state index in [0.717, 1.165) is 33.0 Å². The SMILES string of the molecule is C1CCCCC1.CCC(C)(C)C(=O)SCCO[P+](=O)OC[C@H]1O[C@@H](n2ccc(NC(c3ccccc3)(c3ccc(OC)cc3)c3ccc(OC)cc3)nc2=O)[C@@](C)(O)C1O.ClC(Cl)(Cl)Cl. The number of anilines is 1. The number of halogens is 4. The molecule has 3 aromatic carbocycles. The van der Waals surface area contributed by atoms with Gasteiger partial charge < -0.3 is 29.7 Å². The van der Waals surface area contributed by atoms with E-state index in [4.69, 9.17) is 69.7 Å². The van der Waals surface area contributed by atoms with E-state index in [0.29, 0.717) is 23.7 Å². The van der Waals surface area contributed by atoms with Crippen molar-refractivity contribution in [1.29, 1.82) is 0 Å². The van der Waals surface area contributed by atoms with Gasteiger partial charge in [0, 0.05) is 21.9 Å². The van der Waals surface area contributed by atoms with Crippen molar-refractivity contribution in [3.8, 4) is 11.5 Å². The van der Waals surface area contributed by atoms with Gasteiger partial charge in [0.25, 0.3) is 3.25 Å². The zero-order valence-corrected chi connectivity index (χ0v) is 42.1. The molecule has 356 valence electrons. The smallest absolute Gasteiger partial charge is 0.497 e.